The fourth-order valence-corrected chi connectivity index (χ4v) is 9.62. The molecule has 55 heavy (non-hydrogen) atoms. The number of hydrogen-bond acceptors (Lipinski definition) is 7. The number of carbonyl (C=O) groups excluding carboxylic acids is 3. The summed E-state index contributed by atoms with van der Waals surface area (Å²) >= 11 is 0. The van der Waals surface area contributed by atoms with Gasteiger partial charge in [0, 0.05) is 74.0 Å². The van der Waals surface area contributed by atoms with E-state index in [4.69, 9.17) is 14.7 Å². The van der Waals surface area contributed by atoms with Gasteiger partial charge >= 0.3 is 6.09 Å². The lowest BCUT2D eigenvalue weighted by Gasteiger charge is -2.31. The first-order chi connectivity index (χ1) is 26.8. The number of methoxy groups -OCH3 is 1. The van der Waals surface area contributed by atoms with Crippen LogP contribution in [0, 0.1) is 29.6 Å². The van der Waals surface area contributed by atoms with Crippen molar-refractivity contribution in [3.63, 3.8) is 0 Å². The van der Waals surface area contributed by atoms with Crippen LogP contribution in [0.15, 0.2) is 95.4 Å². The Hall–Kier alpha value is -5.38. The number of pyridine rings is 1. The summed E-state index contributed by atoms with van der Waals surface area (Å²) in [5.74, 6) is 1.18. The second-order valence-corrected chi connectivity index (χ2v) is 16.1. The van der Waals surface area contributed by atoms with E-state index in [0.29, 0.717) is 31.3 Å². The van der Waals surface area contributed by atoms with E-state index in [0.717, 1.165) is 65.6 Å². The van der Waals surface area contributed by atoms with Crippen molar-refractivity contribution in [3.8, 4) is 11.1 Å². The number of amides is 3. The molecule has 10 nitrogen and oxygen atoms in total. The SMILES string of the molecule is COC(=O)N[C@H](C(=O)N1CCC[C@H]1C1=NC=C(c2ccc(-c3ccc(C4=CN=C([C@H]5C6CCC(C6)[C@@H]5C(=O)NCc5cccnc5)C4)cc3)cc2)C1)C(C)C. The molecular weight excluding hydrogens is 689 g/mol. The van der Waals surface area contributed by atoms with Crippen molar-refractivity contribution in [1.29, 1.82) is 0 Å². The van der Waals surface area contributed by atoms with Crippen LogP contribution in [0.3, 0.4) is 0 Å². The van der Waals surface area contributed by atoms with Gasteiger partial charge in [0.25, 0.3) is 0 Å². The van der Waals surface area contributed by atoms with Gasteiger partial charge in [0.05, 0.1) is 13.2 Å². The number of alkyl carbamates (subject to hydrolysis) is 1. The number of fused-ring (bicyclic) bond motifs is 2. The number of ether oxygens (including phenoxy) is 1. The second kappa shape index (κ2) is 15.8. The Kier molecular flexibility index (Phi) is 10.5. The highest BCUT2D eigenvalue weighted by molar-refractivity contribution is 6.04. The molecule has 3 amide bonds. The largest absolute Gasteiger partial charge is 0.453 e. The molecule has 2 unspecified atom stereocenters. The number of carbonyl (C=O) groups is 3. The number of aromatic nitrogens is 1. The summed E-state index contributed by atoms with van der Waals surface area (Å²) in [5.41, 5.74) is 10.1. The molecule has 2 bridgehead atoms. The lowest BCUT2D eigenvalue weighted by molar-refractivity contribution is -0.134. The first-order valence-corrected chi connectivity index (χ1v) is 19.8. The van der Waals surface area contributed by atoms with Gasteiger partial charge in [-0.25, -0.2) is 4.79 Å². The number of likely N-dealkylation sites (tertiary alicyclic amines) is 1. The summed E-state index contributed by atoms with van der Waals surface area (Å²) in [7, 11) is 1.31. The summed E-state index contributed by atoms with van der Waals surface area (Å²) in [6, 6.07) is 20.5. The van der Waals surface area contributed by atoms with Crippen LogP contribution in [0.25, 0.3) is 22.3 Å². The number of allylic oxidation sites excluding steroid dienone is 2. The average Bonchev–Trinajstić information content (AvgIpc) is 4.07. The van der Waals surface area contributed by atoms with Crippen LogP contribution in [0.5, 0.6) is 0 Å². The fraction of sp³-hybridized carbons (Fsp3) is 0.422. The molecule has 8 rings (SSSR count). The lowest BCUT2D eigenvalue weighted by Crippen LogP contribution is -2.53. The summed E-state index contributed by atoms with van der Waals surface area (Å²) in [6.07, 6.45) is 13.6. The van der Waals surface area contributed by atoms with Crippen LogP contribution in [0.2, 0.25) is 0 Å². The maximum absolute atomic E-state index is 13.6. The Morgan fingerprint density at radius 1 is 0.836 bits per heavy atom. The average molecular weight is 739 g/mol. The lowest BCUT2D eigenvalue weighted by atomic mass is 9.75. The van der Waals surface area contributed by atoms with E-state index in [1.165, 1.54) is 30.4 Å². The van der Waals surface area contributed by atoms with Crippen LogP contribution in [0.1, 0.15) is 75.5 Å². The third kappa shape index (κ3) is 7.51. The molecule has 0 radical (unpaired) electrons. The number of benzene rings is 2. The van der Waals surface area contributed by atoms with Gasteiger partial charge in [0.15, 0.2) is 0 Å². The van der Waals surface area contributed by atoms with Crippen LogP contribution in [0.4, 0.5) is 4.79 Å². The maximum atomic E-state index is 13.6. The molecule has 10 heteroatoms. The van der Waals surface area contributed by atoms with Gasteiger partial charge in [-0.3, -0.25) is 24.6 Å². The Bertz CT molecular complexity index is 2050. The molecule has 2 aromatic carbocycles. The highest BCUT2D eigenvalue weighted by atomic mass is 16.5. The minimum atomic E-state index is -0.645. The third-order valence-electron chi connectivity index (χ3n) is 12.5. The Morgan fingerprint density at radius 2 is 1.47 bits per heavy atom. The molecule has 3 aromatic rings. The van der Waals surface area contributed by atoms with E-state index in [2.05, 4.69) is 64.1 Å². The topological polar surface area (TPSA) is 125 Å². The molecule has 4 heterocycles. The highest BCUT2D eigenvalue weighted by Crippen LogP contribution is 2.54. The molecule has 2 saturated carbocycles. The normalized spacial score (nSPS) is 24.7. The van der Waals surface area contributed by atoms with E-state index in [9.17, 15) is 14.4 Å². The predicted octanol–water partition coefficient (Wildman–Crippen LogP) is 7.47. The van der Waals surface area contributed by atoms with Gasteiger partial charge in [-0.2, -0.15) is 0 Å². The predicted molar refractivity (Wildman–Crippen MR) is 215 cm³/mol. The first-order valence-electron chi connectivity index (χ1n) is 19.8. The number of nitrogens with zero attached hydrogens (tertiary/aromatic N) is 4. The number of aliphatic imine (C=N–C) groups is 2. The van der Waals surface area contributed by atoms with E-state index in [1.807, 2.05) is 49.5 Å². The van der Waals surface area contributed by atoms with Gasteiger partial charge in [-0.1, -0.05) is 68.4 Å². The Labute approximate surface area is 323 Å². The zero-order chi connectivity index (χ0) is 38.1. The second-order valence-electron chi connectivity index (χ2n) is 16.1. The highest BCUT2D eigenvalue weighted by Gasteiger charge is 2.52. The van der Waals surface area contributed by atoms with Crippen molar-refractivity contribution >= 4 is 40.5 Å². The molecular formula is C45H50N6O4. The van der Waals surface area contributed by atoms with E-state index >= 15 is 0 Å². The fourth-order valence-electron chi connectivity index (χ4n) is 9.62. The molecule has 2 N–H and O–H groups in total. The zero-order valence-corrected chi connectivity index (χ0v) is 31.9. The third-order valence-corrected chi connectivity index (χ3v) is 12.5. The molecule has 0 spiro atoms. The van der Waals surface area contributed by atoms with Gasteiger partial charge in [0.2, 0.25) is 11.8 Å². The van der Waals surface area contributed by atoms with E-state index in [1.54, 1.807) is 6.20 Å². The van der Waals surface area contributed by atoms with Crippen molar-refractivity contribution in [2.75, 3.05) is 13.7 Å². The quantitative estimate of drug-likeness (QED) is 0.211. The van der Waals surface area contributed by atoms with E-state index in [-0.39, 0.29) is 35.6 Å². The van der Waals surface area contributed by atoms with Crippen molar-refractivity contribution in [2.24, 2.45) is 39.6 Å². The molecule has 5 aliphatic rings. The number of rotatable bonds is 11. The van der Waals surface area contributed by atoms with Crippen LogP contribution < -0.4 is 10.6 Å². The van der Waals surface area contributed by atoms with Crippen molar-refractivity contribution in [1.82, 2.24) is 20.5 Å². The molecule has 2 aliphatic carbocycles. The van der Waals surface area contributed by atoms with Crippen LogP contribution in [-0.2, 0) is 20.9 Å². The summed E-state index contributed by atoms with van der Waals surface area (Å²) in [4.78, 5) is 54.9. The maximum Gasteiger partial charge on any atom is 0.407 e. The van der Waals surface area contributed by atoms with Gasteiger partial charge in [-0.05, 0) is 94.9 Å². The monoisotopic (exact) mass is 738 g/mol. The summed E-state index contributed by atoms with van der Waals surface area (Å²) in [5, 5.41) is 5.93. The number of hydrogen-bond donors (Lipinski definition) is 2. The minimum absolute atomic E-state index is 0.00802. The smallest absolute Gasteiger partial charge is 0.407 e. The molecule has 1 saturated heterocycles. The van der Waals surface area contributed by atoms with Crippen molar-refractivity contribution in [2.45, 2.75) is 77.4 Å². The standard InChI is InChI=1S/C45H50N6O4/c1-27(2)42(50-45(54)55-3)44(53)51-19-5-7-39(51)37-21-35(25-47-37)31-12-8-29(9-13-31)30-10-14-32(15-11-30)36-22-38(48-26-36)40-33-16-17-34(20-33)41(40)43(52)49-24-28-6-4-18-46-23-28/h4,6,8-15,18,23,25-27,33-34,39-42H,5,7,16-17,19-22,24H2,1-3H3,(H,49,52)(H,50,54)/t33?,34?,39-,40+,41-,42-/m0/s1. The van der Waals surface area contributed by atoms with Crippen molar-refractivity contribution < 1.29 is 19.1 Å². The van der Waals surface area contributed by atoms with E-state index < -0.39 is 12.1 Å². The van der Waals surface area contributed by atoms with Crippen molar-refractivity contribution in [3.05, 3.63) is 102 Å². The molecule has 3 fully saturated rings. The zero-order valence-electron chi connectivity index (χ0n) is 31.9. The molecule has 6 atom stereocenters. The first kappa shape index (κ1) is 36.6. The Morgan fingerprint density at radius 3 is 2.11 bits per heavy atom. The summed E-state index contributed by atoms with van der Waals surface area (Å²) < 4.78 is 4.78. The van der Waals surface area contributed by atoms with Gasteiger partial charge in [-0.15, -0.1) is 0 Å². The summed E-state index contributed by atoms with van der Waals surface area (Å²) in [6.45, 7) is 5.01. The minimum Gasteiger partial charge on any atom is -0.453 e. The van der Waals surface area contributed by atoms with Crippen LogP contribution in [-0.4, -0.2) is 65.0 Å². The van der Waals surface area contributed by atoms with Crippen LogP contribution >= 0.6 is 0 Å². The molecule has 3 aliphatic heterocycles. The number of nitrogens with one attached hydrogen (secondary N) is 2. The Balaban J connectivity index is 0.863. The van der Waals surface area contributed by atoms with Gasteiger partial charge < -0.3 is 20.3 Å². The molecule has 1 aromatic heterocycles. The van der Waals surface area contributed by atoms with Gasteiger partial charge in [0.1, 0.15) is 6.04 Å². The molecule has 284 valence electrons.